The van der Waals surface area contributed by atoms with Crippen LogP contribution < -0.4 is 10.1 Å². The summed E-state index contributed by atoms with van der Waals surface area (Å²) in [6, 6.07) is 2.45. The number of benzene rings is 1. The Bertz CT molecular complexity index is 376. The standard InChI is InChI=1S/C15H23F2NO2/c1-19-9-8-18-7-5-3-4-6-13-14(16)10-12(20-2)11-15(13)17/h10-11,18H,3-9H2,1-2H3. The molecule has 0 heterocycles. The molecule has 5 heteroatoms. The van der Waals surface area contributed by atoms with Crippen molar-refractivity contribution in [2.75, 3.05) is 33.9 Å². The fraction of sp³-hybridized carbons (Fsp3) is 0.600. The average Bonchev–Trinajstić information content (AvgIpc) is 2.43. The van der Waals surface area contributed by atoms with Gasteiger partial charge in [-0.15, -0.1) is 0 Å². The van der Waals surface area contributed by atoms with Crippen LogP contribution in [0.15, 0.2) is 12.1 Å². The van der Waals surface area contributed by atoms with Gasteiger partial charge in [0.15, 0.2) is 0 Å². The van der Waals surface area contributed by atoms with Crippen LogP contribution in [-0.4, -0.2) is 33.9 Å². The highest BCUT2D eigenvalue weighted by atomic mass is 19.1. The SMILES string of the molecule is COCCNCCCCCc1c(F)cc(OC)cc1F. The van der Waals surface area contributed by atoms with Gasteiger partial charge in [0.1, 0.15) is 17.4 Å². The topological polar surface area (TPSA) is 30.5 Å². The first-order chi connectivity index (χ1) is 9.69. The summed E-state index contributed by atoms with van der Waals surface area (Å²) in [6.07, 6.45) is 3.11. The predicted octanol–water partition coefficient (Wildman–Crippen LogP) is 2.92. The monoisotopic (exact) mass is 287 g/mol. The van der Waals surface area contributed by atoms with Crippen LogP contribution in [0.4, 0.5) is 8.78 Å². The minimum atomic E-state index is -0.528. The Morgan fingerprint density at radius 3 is 2.30 bits per heavy atom. The maximum Gasteiger partial charge on any atom is 0.133 e. The summed E-state index contributed by atoms with van der Waals surface area (Å²) in [5, 5.41) is 3.23. The van der Waals surface area contributed by atoms with Crippen LogP contribution in [0, 0.1) is 11.6 Å². The molecule has 1 rings (SSSR count). The molecule has 0 aromatic heterocycles. The lowest BCUT2D eigenvalue weighted by molar-refractivity contribution is 0.199. The smallest absolute Gasteiger partial charge is 0.133 e. The molecule has 0 spiro atoms. The van der Waals surface area contributed by atoms with E-state index in [1.807, 2.05) is 0 Å². The number of halogens is 2. The van der Waals surface area contributed by atoms with E-state index < -0.39 is 11.6 Å². The van der Waals surface area contributed by atoms with Gasteiger partial charge in [-0.05, 0) is 25.8 Å². The molecule has 0 amide bonds. The molecule has 3 nitrogen and oxygen atoms in total. The minimum absolute atomic E-state index is 0.151. The lowest BCUT2D eigenvalue weighted by atomic mass is 10.1. The minimum Gasteiger partial charge on any atom is -0.497 e. The van der Waals surface area contributed by atoms with Crippen LogP contribution in [-0.2, 0) is 11.2 Å². The number of rotatable bonds is 10. The van der Waals surface area contributed by atoms with Crippen molar-refractivity contribution in [3.63, 3.8) is 0 Å². The Morgan fingerprint density at radius 1 is 1.00 bits per heavy atom. The van der Waals surface area contributed by atoms with Crippen molar-refractivity contribution in [1.29, 1.82) is 0 Å². The number of unbranched alkanes of at least 4 members (excludes halogenated alkanes) is 2. The summed E-state index contributed by atoms with van der Waals surface area (Å²) in [5.74, 6) is -0.841. The Hall–Kier alpha value is -1.20. The molecule has 1 aromatic carbocycles. The molecule has 0 fully saturated rings. The van der Waals surface area contributed by atoms with Crippen molar-refractivity contribution in [3.05, 3.63) is 29.3 Å². The van der Waals surface area contributed by atoms with Crippen molar-refractivity contribution in [3.8, 4) is 5.75 Å². The molecule has 0 radical (unpaired) electrons. The Morgan fingerprint density at radius 2 is 1.70 bits per heavy atom. The fourth-order valence-corrected chi connectivity index (χ4v) is 1.96. The summed E-state index contributed by atoms with van der Waals surface area (Å²) < 4.78 is 37.1. The molecule has 0 saturated heterocycles. The van der Waals surface area contributed by atoms with Gasteiger partial charge in [-0.25, -0.2) is 8.78 Å². The van der Waals surface area contributed by atoms with Gasteiger partial charge < -0.3 is 14.8 Å². The highest BCUT2D eigenvalue weighted by Gasteiger charge is 2.11. The van der Waals surface area contributed by atoms with Gasteiger partial charge in [-0.1, -0.05) is 6.42 Å². The molecule has 114 valence electrons. The average molecular weight is 287 g/mol. The predicted molar refractivity (Wildman–Crippen MR) is 75.2 cm³/mol. The summed E-state index contributed by atoms with van der Waals surface area (Å²) >= 11 is 0. The van der Waals surface area contributed by atoms with E-state index in [-0.39, 0.29) is 11.3 Å². The van der Waals surface area contributed by atoms with Gasteiger partial charge in [0.05, 0.1) is 13.7 Å². The quantitative estimate of drug-likeness (QED) is 0.671. The second kappa shape index (κ2) is 9.66. The third-order valence-electron chi connectivity index (χ3n) is 3.11. The largest absolute Gasteiger partial charge is 0.497 e. The van der Waals surface area contributed by atoms with Crippen LogP contribution in [0.5, 0.6) is 5.75 Å². The van der Waals surface area contributed by atoms with Crippen LogP contribution in [0.2, 0.25) is 0 Å². The maximum atomic E-state index is 13.7. The number of ether oxygens (including phenoxy) is 2. The highest BCUT2D eigenvalue weighted by Crippen LogP contribution is 2.22. The van der Waals surface area contributed by atoms with Crippen LogP contribution in [0.1, 0.15) is 24.8 Å². The van der Waals surface area contributed by atoms with E-state index in [2.05, 4.69) is 5.32 Å². The molecule has 0 aliphatic heterocycles. The molecule has 0 aliphatic carbocycles. The molecule has 0 saturated carbocycles. The lowest BCUT2D eigenvalue weighted by Crippen LogP contribution is -2.20. The van der Waals surface area contributed by atoms with Crippen molar-refractivity contribution in [2.24, 2.45) is 0 Å². The molecule has 0 bridgehead atoms. The maximum absolute atomic E-state index is 13.7. The number of methoxy groups -OCH3 is 2. The third-order valence-corrected chi connectivity index (χ3v) is 3.11. The Balaban J connectivity index is 2.25. The van der Waals surface area contributed by atoms with Crippen LogP contribution >= 0.6 is 0 Å². The van der Waals surface area contributed by atoms with Gasteiger partial charge in [0.25, 0.3) is 0 Å². The first kappa shape index (κ1) is 16.9. The summed E-state index contributed by atoms with van der Waals surface area (Å²) in [7, 11) is 3.06. The van der Waals surface area contributed by atoms with Gasteiger partial charge >= 0.3 is 0 Å². The van der Waals surface area contributed by atoms with Crippen LogP contribution in [0.25, 0.3) is 0 Å². The van der Waals surface area contributed by atoms with E-state index in [0.717, 1.165) is 32.4 Å². The second-order valence-electron chi connectivity index (χ2n) is 4.62. The molecule has 1 aromatic rings. The number of nitrogens with one attached hydrogen (secondary N) is 1. The summed E-state index contributed by atoms with van der Waals surface area (Å²) in [4.78, 5) is 0. The van der Waals surface area contributed by atoms with E-state index in [4.69, 9.17) is 9.47 Å². The third kappa shape index (κ3) is 5.84. The van der Waals surface area contributed by atoms with E-state index >= 15 is 0 Å². The highest BCUT2D eigenvalue weighted by molar-refractivity contribution is 5.30. The first-order valence-corrected chi connectivity index (χ1v) is 6.90. The van der Waals surface area contributed by atoms with E-state index in [9.17, 15) is 8.78 Å². The Kier molecular flexibility index (Phi) is 8.14. The van der Waals surface area contributed by atoms with Gasteiger partial charge in [-0.3, -0.25) is 0 Å². The van der Waals surface area contributed by atoms with Crippen LogP contribution in [0.3, 0.4) is 0 Å². The van der Waals surface area contributed by atoms with E-state index in [1.54, 1.807) is 7.11 Å². The molecule has 0 atom stereocenters. The Labute approximate surface area is 119 Å². The van der Waals surface area contributed by atoms with Gasteiger partial charge in [0, 0.05) is 31.4 Å². The van der Waals surface area contributed by atoms with Gasteiger partial charge in [-0.2, -0.15) is 0 Å². The number of hydrogen-bond donors (Lipinski definition) is 1. The zero-order valence-corrected chi connectivity index (χ0v) is 12.2. The van der Waals surface area contributed by atoms with Crippen molar-refractivity contribution in [2.45, 2.75) is 25.7 Å². The second-order valence-corrected chi connectivity index (χ2v) is 4.62. The normalized spacial score (nSPS) is 10.8. The molecule has 20 heavy (non-hydrogen) atoms. The van der Waals surface area contributed by atoms with E-state index in [0.29, 0.717) is 13.0 Å². The molecule has 0 aliphatic rings. The summed E-state index contributed by atoms with van der Waals surface area (Å²) in [6.45, 7) is 2.43. The van der Waals surface area contributed by atoms with Crippen molar-refractivity contribution in [1.82, 2.24) is 5.32 Å². The molecular weight excluding hydrogens is 264 g/mol. The van der Waals surface area contributed by atoms with E-state index in [1.165, 1.54) is 19.2 Å². The molecular formula is C15H23F2NO2. The van der Waals surface area contributed by atoms with Crippen molar-refractivity contribution < 1.29 is 18.3 Å². The number of hydrogen-bond acceptors (Lipinski definition) is 3. The fourth-order valence-electron chi connectivity index (χ4n) is 1.96. The summed E-state index contributed by atoms with van der Waals surface area (Å²) in [5.41, 5.74) is 0.151. The first-order valence-electron chi connectivity index (χ1n) is 6.90. The lowest BCUT2D eigenvalue weighted by Gasteiger charge is -2.08. The molecule has 0 unspecified atom stereocenters. The van der Waals surface area contributed by atoms with Gasteiger partial charge in [0.2, 0.25) is 0 Å². The van der Waals surface area contributed by atoms with Crippen molar-refractivity contribution >= 4 is 0 Å². The zero-order chi connectivity index (χ0) is 14.8. The zero-order valence-electron chi connectivity index (χ0n) is 12.2. The molecule has 1 N–H and O–H groups in total.